The Hall–Kier alpha value is -0.820. The molecule has 1 amide bonds. The Bertz CT molecular complexity index is 284. The number of nitrogens with zero attached hydrogens (tertiary/aromatic N) is 1. The summed E-state index contributed by atoms with van der Waals surface area (Å²) in [5, 5.41) is 0. The van der Waals surface area contributed by atoms with Crippen molar-refractivity contribution in [3.63, 3.8) is 0 Å². The molecule has 4 nitrogen and oxygen atoms in total. The summed E-state index contributed by atoms with van der Waals surface area (Å²) in [6.07, 6.45) is -4.90. The maximum Gasteiger partial charge on any atom is 0.417 e. The van der Waals surface area contributed by atoms with Gasteiger partial charge in [0.25, 0.3) is 0 Å². The fourth-order valence-corrected chi connectivity index (χ4v) is 1.98. The molecule has 0 aromatic rings. The van der Waals surface area contributed by atoms with Gasteiger partial charge in [0.1, 0.15) is 0 Å². The summed E-state index contributed by atoms with van der Waals surface area (Å²) < 4.78 is 43.1. The zero-order chi connectivity index (χ0) is 13.3. The molecule has 1 heterocycles. The lowest BCUT2D eigenvalue weighted by Gasteiger charge is -2.42. The van der Waals surface area contributed by atoms with E-state index in [0.717, 1.165) is 7.11 Å². The fourth-order valence-electron chi connectivity index (χ4n) is 1.98. The van der Waals surface area contributed by atoms with Gasteiger partial charge in [0.2, 0.25) is 5.91 Å². The Labute approximate surface area is 97.9 Å². The van der Waals surface area contributed by atoms with Crippen molar-refractivity contribution in [2.45, 2.75) is 37.6 Å². The number of ether oxygens (including phenoxy) is 1. The fraction of sp³-hybridized carbons (Fsp3) is 0.900. The van der Waals surface area contributed by atoms with E-state index in [1.807, 2.05) is 0 Å². The number of rotatable bonds is 2. The first-order chi connectivity index (χ1) is 7.73. The lowest BCUT2D eigenvalue weighted by atomic mass is 9.90. The van der Waals surface area contributed by atoms with Crippen LogP contribution >= 0.6 is 0 Å². The molecule has 7 heteroatoms. The minimum atomic E-state index is -4.41. The molecule has 0 aromatic heterocycles. The Morgan fingerprint density at radius 1 is 1.41 bits per heavy atom. The van der Waals surface area contributed by atoms with Crippen molar-refractivity contribution in [2.24, 2.45) is 5.73 Å². The number of piperidine rings is 1. The Kier molecular flexibility index (Phi) is 4.03. The molecule has 1 atom stereocenters. The van der Waals surface area contributed by atoms with Gasteiger partial charge in [-0.25, -0.2) is 0 Å². The Morgan fingerprint density at radius 3 is 2.18 bits per heavy atom. The van der Waals surface area contributed by atoms with Crippen LogP contribution in [0.5, 0.6) is 0 Å². The van der Waals surface area contributed by atoms with Gasteiger partial charge in [-0.1, -0.05) is 0 Å². The van der Waals surface area contributed by atoms with E-state index in [4.69, 9.17) is 5.73 Å². The van der Waals surface area contributed by atoms with Crippen molar-refractivity contribution in [2.75, 3.05) is 20.2 Å². The van der Waals surface area contributed by atoms with Crippen molar-refractivity contribution in [1.29, 1.82) is 0 Å². The Morgan fingerprint density at radius 2 is 1.88 bits per heavy atom. The van der Waals surface area contributed by atoms with Crippen LogP contribution in [0.1, 0.15) is 19.8 Å². The van der Waals surface area contributed by atoms with Gasteiger partial charge in [-0.3, -0.25) is 4.79 Å². The number of carbonyl (C=O) groups excluding carboxylic acids is 1. The predicted octanol–water partition coefficient (Wildman–Crippen LogP) is 0.904. The van der Waals surface area contributed by atoms with Crippen LogP contribution in [0.15, 0.2) is 0 Å². The molecule has 1 fully saturated rings. The number of halogens is 3. The lowest BCUT2D eigenvalue weighted by molar-refractivity contribution is -0.281. The monoisotopic (exact) mass is 254 g/mol. The summed E-state index contributed by atoms with van der Waals surface area (Å²) in [7, 11) is 1.05. The number of amides is 1. The van der Waals surface area contributed by atoms with Crippen LogP contribution in [0.25, 0.3) is 0 Å². The maximum absolute atomic E-state index is 12.8. The zero-order valence-electron chi connectivity index (χ0n) is 9.88. The van der Waals surface area contributed by atoms with E-state index in [1.54, 1.807) is 0 Å². The van der Waals surface area contributed by atoms with Crippen LogP contribution in [0.3, 0.4) is 0 Å². The standard InChI is InChI=1S/C10H17F3N2O2/c1-7(14)8(16)15-5-3-9(17-2,4-6-15)10(11,12)13/h7H,3-6,14H2,1-2H3/t7-/m1/s1. The van der Waals surface area contributed by atoms with Gasteiger partial charge < -0.3 is 15.4 Å². The molecule has 0 radical (unpaired) electrons. The summed E-state index contributed by atoms with van der Waals surface area (Å²) in [5.74, 6) is -0.322. The largest absolute Gasteiger partial charge is 0.417 e. The van der Waals surface area contributed by atoms with E-state index in [1.165, 1.54) is 11.8 Å². The number of likely N-dealkylation sites (tertiary alicyclic amines) is 1. The molecule has 1 aliphatic heterocycles. The van der Waals surface area contributed by atoms with Crippen LogP contribution < -0.4 is 5.73 Å². The van der Waals surface area contributed by atoms with Gasteiger partial charge in [-0.05, 0) is 6.92 Å². The van der Waals surface area contributed by atoms with Crippen molar-refractivity contribution >= 4 is 5.91 Å². The molecule has 17 heavy (non-hydrogen) atoms. The van der Waals surface area contributed by atoms with Crippen molar-refractivity contribution in [3.8, 4) is 0 Å². The van der Waals surface area contributed by atoms with Gasteiger partial charge in [-0.15, -0.1) is 0 Å². The third-order valence-electron chi connectivity index (χ3n) is 3.18. The SMILES string of the molecule is COC1(C(F)(F)F)CCN(C(=O)[C@@H](C)N)CC1. The van der Waals surface area contributed by atoms with Crippen molar-refractivity contribution in [1.82, 2.24) is 4.90 Å². The number of carbonyl (C=O) groups is 1. The van der Waals surface area contributed by atoms with Gasteiger partial charge in [-0.2, -0.15) is 13.2 Å². The molecule has 0 bridgehead atoms. The maximum atomic E-state index is 12.8. The second kappa shape index (κ2) is 4.81. The van der Waals surface area contributed by atoms with E-state index in [-0.39, 0.29) is 31.8 Å². The molecule has 100 valence electrons. The molecule has 0 aliphatic carbocycles. The van der Waals surface area contributed by atoms with E-state index < -0.39 is 17.8 Å². The molecule has 2 N–H and O–H groups in total. The number of nitrogens with two attached hydrogens (primary N) is 1. The average Bonchev–Trinajstić information content (AvgIpc) is 2.26. The average molecular weight is 254 g/mol. The molecule has 0 saturated carbocycles. The summed E-state index contributed by atoms with van der Waals surface area (Å²) >= 11 is 0. The molecular weight excluding hydrogens is 237 g/mol. The van der Waals surface area contributed by atoms with Crippen molar-refractivity contribution < 1.29 is 22.7 Å². The van der Waals surface area contributed by atoms with E-state index in [2.05, 4.69) is 4.74 Å². The first-order valence-electron chi connectivity index (χ1n) is 5.40. The minimum Gasteiger partial charge on any atom is -0.369 e. The first-order valence-corrected chi connectivity index (χ1v) is 5.40. The third-order valence-corrected chi connectivity index (χ3v) is 3.18. The normalized spacial score (nSPS) is 22.4. The van der Waals surface area contributed by atoms with Crippen LogP contribution in [-0.4, -0.2) is 48.8 Å². The highest BCUT2D eigenvalue weighted by Crippen LogP contribution is 2.41. The highest BCUT2D eigenvalue weighted by molar-refractivity contribution is 5.81. The van der Waals surface area contributed by atoms with Crippen molar-refractivity contribution in [3.05, 3.63) is 0 Å². The second-order valence-corrected chi connectivity index (χ2v) is 4.31. The summed E-state index contributed by atoms with van der Waals surface area (Å²) in [5.41, 5.74) is 3.28. The van der Waals surface area contributed by atoms with Gasteiger partial charge >= 0.3 is 6.18 Å². The quantitative estimate of drug-likeness (QED) is 0.796. The zero-order valence-corrected chi connectivity index (χ0v) is 9.88. The number of alkyl halides is 3. The second-order valence-electron chi connectivity index (χ2n) is 4.31. The van der Waals surface area contributed by atoms with Crippen LogP contribution in [0, 0.1) is 0 Å². The molecule has 0 spiro atoms. The number of hydrogen-bond donors (Lipinski definition) is 1. The van der Waals surface area contributed by atoms with Gasteiger partial charge in [0.05, 0.1) is 6.04 Å². The molecule has 0 aromatic carbocycles. The molecular formula is C10H17F3N2O2. The third kappa shape index (κ3) is 2.71. The molecule has 0 unspecified atom stereocenters. The topological polar surface area (TPSA) is 55.6 Å². The lowest BCUT2D eigenvalue weighted by Crippen LogP contribution is -2.57. The smallest absolute Gasteiger partial charge is 0.369 e. The van der Waals surface area contributed by atoms with Crippen LogP contribution in [-0.2, 0) is 9.53 Å². The molecule has 1 aliphatic rings. The molecule has 1 rings (SSSR count). The number of methoxy groups -OCH3 is 1. The van der Waals surface area contributed by atoms with E-state index >= 15 is 0 Å². The highest BCUT2D eigenvalue weighted by atomic mass is 19.4. The predicted molar refractivity (Wildman–Crippen MR) is 55.3 cm³/mol. The van der Waals surface area contributed by atoms with Gasteiger partial charge in [0, 0.05) is 33.0 Å². The summed E-state index contributed by atoms with van der Waals surface area (Å²) in [6, 6.07) is -0.684. The van der Waals surface area contributed by atoms with Crippen LogP contribution in [0.2, 0.25) is 0 Å². The Balaban J connectivity index is 2.69. The highest BCUT2D eigenvalue weighted by Gasteiger charge is 2.56. The summed E-state index contributed by atoms with van der Waals surface area (Å²) in [6.45, 7) is 1.56. The summed E-state index contributed by atoms with van der Waals surface area (Å²) in [4.78, 5) is 12.9. The first kappa shape index (κ1) is 14.2. The van der Waals surface area contributed by atoms with E-state index in [9.17, 15) is 18.0 Å². The minimum absolute atomic E-state index is 0.0216. The van der Waals surface area contributed by atoms with Crippen LogP contribution in [0.4, 0.5) is 13.2 Å². The van der Waals surface area contributed by atoms with E-state index in [0.29, 0.717) is 0 Å². The molecule has 1 saturated heterocycles. The van der Waals surface area contributed by atoms with Gasteiger partial charge in [0.15, 0.2) is 5.60 Å². The number of hydrogen-bond acceptors (Lipinski definition) is 3.